The maximum atomic E-state index is 14.2. The van der Waals surface area contributed by atoms with E-state index >= 15 is 0 Å². The number of benzene rings is 2. The number of amides is 1. The molecule has 1 aliphatic heterocycles. The van der Waals surface area contributed by atoms with Crippen LogP contribution in [0, 0.1) is 25.5 Å². The SMILES string of the molecule is COC(=O)[C@@H]1C[C@@H](NC(=O)c2ccc(Cn3nc(C)cc3C)cc2)CN1Cc1c(F)cccc1F. The van der Waals surface area contributed by atoms with Crippen molar-refractivity contribution in [3.63, 3.8) is 0 Å². The average Bonchev–Trinajstić information content (AvgIpc) is 3.37. The molecule has 2 heterocycles. The summed E-state index contributed by atoms with van der Waals surface area (Å²) in [5.41, 5.74) is 3.39. The number of methoxy groups -OCH3 is 1. The van der Waals surface area contributed by atoms with Crippen LogP contribution in [0.5, 0.6) is 0 Å². The molecular formula is C26H28F2N4O3. The van der Waals surface area contributed by atoms with Gasteiger partial charge < -0.3 is 10.1 Å². The van der Waals surface area contributed by atoms with Gasteiger partial charge in [0.05, 0.1) is 19.3 Å². The lowest BCUT2D eigenvalue weighted by molar-refractivity contribution is -0.146. The molecule has 7 nitrogen and oxygen atoms in total. The van der Waals surface area contributed by atoms with E-state index in [1.54, 1.807) is 17.0 Å². The molecule has 0 aliphatic carbocycles. The zero-order valence-corrected chi connectivity index (χ0v) is 19.9. The Balaban J connectivity index is 1.42. The van der Waals surface area contributed by atoms with Crippen molar-refractivity contribution in [1.82, 2.24) is 20.0 Å². The maximum absolute atomic E-state index is 14.2. The van der Waals surface area contributed by atoms with Crippen LogP contribution in [0.2, 0.25) is 0 Å². The summed E-state index contributed by atoms with van der Waals surface area (Å²) in [5, 5.41) is 7.39. The number of halogens is 2. The van der Waals surface area contributed by atoms with Crippen LogP contribution in [-0.4, -0.2) is 52.3 Å². The first kappa shape index (κ1) is 24.5. The van der Waals surface area contributed by atoms with Gasteiger partial charge in [0.1, 0.15) is 17.7 Å². The molecule has 0 spiro atoms. The zero-order valence-electron chi connectivity index (χ0n) is 19.9. The first-order valence-electron chi connectivity index (χ1n) is 11.4. The minimum atomic E-state index is -0.715. The third-order valence-electron chi connectivity index (χ3n) is 6.29. The smallest absolute Gasteiger partial charge is 0.323 e. The van der Waals surface area contributed by atoms with Crippen LogP contribution >= 0.6 is 0 Å². The van der Waals surface area contributed by atoms with Gasteiger partial charge in [0, 0.05) is 36.0 Å². The molecule has 3 aromatic rings. The third kappa shape index (κ3) is 5.57. The fourth-order valence-electron chi connectivity index (χ4n) is 4.49. The van der Waals surface area contributed by atoms with E-state index in [1.807, 2.05) is 36.7 Å². The lowest BCUT2D eigenvalue weighted by Crippen LogP contribution is -2.38. The van der Waals surface area contributed by atoms with Gasteiger partial charge in [-0.25, -0.2) is 8.78 Å². The minimum absolute atomic E-state index is 0.105. The van der Waals surface area contributed by atoms with Crippen LogP contribution in [0.15, 0.2) is 48.5 Å². The number of carbonyl (C=O) groups excluding carboxylic acids is 2. The molecule has 4 rings (SSSR count). The van der Waals surface area contributed by atoms with Gasteiger partial charge in [0.15, 0.2) is 0 Å². The largest absolute Gasteiger partial charge is 0.468 e. The molecule has 1 aromatic heterocycles. The van der Waals surface area contributed by atoms with Crippen LogP contribution in [0.3, 0.4) is 0 Å². The lowest BCUT2D eigenvalue weighted by Gasteiger charge is -2.22. The van der Waals surface area contributed by atoms with Gasteiger partial charge in [-0.05, 0) is 56.2 Å². The van der Waals surface area contributed by atoms with Crippen molar-refractivity contribution in [2.24, 2.45) is 0 Å². The van der Waals surface area contributed by atoms with E-state index in [0.29, 0.717) is 12.1 Å². The summed E-state index contributed by atoms with van der Waals surface area (Å²) >= 11 is 0. The second-order valence-corrected chi connectivity index (χ2v) is 8.86. The highest BCUT2D eigenvalue weighted by molar-refractivity contribution is 5.94. The van der Waals surface area contributed by atoms with Crippen molar-refractivity contribution >= 4 is 11.9 Å². The van der Waals surface area contributed by atoms with E-state index in [1.165, 1.54) is 25.3 Å². The number of hydrogen-bond donors (Lipinski definition) is 1. The van der Waals surface area contributed by atoms with Gasteiger partial charge in [-0.15, -0.1) is 0 Å². The second kappa shape index (κ2) is 10.4. The van der Waals surface area contributed by atoms with Crippen LogP contribution in [0.1, 0.15) is 39.3 Å². The molecule has 0 bridgehead atoms. The van der Waals surface area contributed by atoms with Crippen molar-refractivity contribution in [2.75, 3.05) is 13.7 Å². The Bertz CT molecular complexity index is 1210. The Morgan fingerprint density at radius 2 is 1.77 bits per heavy atom. The van der Waals surface area contributed by atoms with E-state index in [-0.39, 0.29) is 37.0 Å². The van der Waals surface area contributed by atoms with E-state index < -0.39 is 23.6 Å². The number of carbonyl (C=O) groups is 2. The highest BCUT2D eigenvalue weighted by Gasteiger charge is 2.39. The molecule has 2 aromatic carbocycles. The minimum Gasteiger partial charge on any atom is -0.468 e. The quantitative estimate of drug-likeness (QED) is 0.523. The Morgan fingerprint density at radius 3 is 2.37 bits per heavy atom. The topological polar surface area (TPSA) is 76.5 Å². The molecule has 35 heavy (non-hydrogen) atoms. The van der Waals surface area contributed by atoms with E-state index in [9.17, 15) is 18.4 Å². The van der Waals surface area contributed by atoms with Crippen molar-refractivity contribution < 1.29 is 23.1 Å². The molecule has 1 N–H and O–H groups in total. The van der Waals surface area contributed by atoms with Gasteiger partial charge in [0.2, 0.25) is 0 Å². The Kier molecular flexibility index (Phi) is 7.25. The van der Waals surface area contributed by atoms with E-state index in [0.717, 1.165) is 17.0 Å². The van der Waals surface area contributed by atoms with Crippen LogP contribution in [0.4, 0.5) is 8.78 Å². The normalized spacial score (nSPS) is 18.0. The molecule has 1 aliphatic rings. The standard InChI is InChI=1S/C26H28F2N4O3/c1-16-11-17(2)32(30-16)13-18-7-9-19(10-8-18)25(33)29-20-12-24(26(34)35-3)31(14-20)15-21-22(27)5-4-6-23(21)28/h4-11,20,24H,12-15H2,1-3H3,(H,29,33)/t20-,24+/m1/s1. The first-order valence-corrected chi connectivity index (χ1v) is 11.4. The van der Waals surface area contributed by atoms with Gasteiger partial charge in [-0.3, -0.25) is 19.2 Å². The number of aryl methyl sites for hydroxylation is 2. The predicted molar refractivity (Wildman–Crippen MR) is 126 cm³/mol. The third-order valence-corrected chi connectivity index (χ3v) is 6.29. The number of esters is 1. The Morgan fingerprint density at radius 1 is 1.09 bits per heavy atom. The monoisotopic (exact) mass is 482 g/mol. The second-order valence-electron chi connectivity index (χ2n) is 8.86. The van der Waals surface area contributed by atoms with Crippen molar-refractivity contribution in [3.8, 4) is 0 Å². The van der Waals surface area contributed by atoms with Gasteiger partial charge in [-0.2, -0.15) is 5.10 Å². The average molecular weight is 483 g/mol. The highest BCUT2D eigenvalue weighted by Crippen LogP contribution is 2.24. The highest BCUT2D eigenvalue weighted by atomic mass is 19.1. The number of aromatic nitrogens is 2. The molecule has 0 radical (unpaired) electrons. The number of rotatable bonds is 7. The molecule has 9 heteroatoms. The van der Waals surface area contributed by atoms with Crippen molar-refractivity contribution in [3.05, 3.63) is 88.2 Å². The molecule has 2 atom stereocenters. The molecule has 1 fully saturated rings. The molecule has 1 saturated heterocycles. The molecule has 0 unspecified atom stereocenters. The predicted octanol–water partition coefficient (Wildman–Crippen LogP) is 3.37. The van der Waals surface area contributed by atoms with Gasteiger partial charge >= 0.3 is 5.97 Å². The van der Waals surface area contributed by atoms with Gasteiger partial charge in [0.25, 0.3) is 5.91 Å². The summed E-state index contributed by atoms with van der Waals surface area (Å²) in [6.07, 6.45) is 0.282. The van der Waals surface area contributed by atoms with E-state index in [4.69, 9.17) is 4.74 Å². The van der Waals surface area contributed by atoms with Crippen LogP contribution in [0.25, 0.3) is 0 Å². The summed E-state index contributed by atoms with van der Waals surface area (Å²) in [5.74, 6) is -2.15. The van der Waals surface area contributed by atoms with Crippen molar-refractivity contribution in [2.45, 2.75) is 45.4 Å². The number of nitrogens with zero attached hydrogens (tertiary/aromatic N) is 3. The van der Waals surface area contributed by atoms with E-state index in [2.05, 4.69) is 10.4 Å². The Hall–Kier alpha value is -3.59. The lowest BCUT2D eigenvalue weighted by atomic mass is 10.1. The molecule has 0 saturated carbocycles. The molecule has 184 valence electrons. The van der Waals surface area contributed by atoms with Gasteiger partial charge in [-0.1, -0.05) is 18.2 Å². The Labute approximate surface area is 202 Å². The molecular weight excluding hydrogens is 454 g/mol. The number of likely N-dealkylation sites (tertiary alicyclic amines) is 1. The van der Waals surface area contributed by atoms with Crippen LogP contribution in [-0.2, 0) is 22.6 Å². The summed E-state index contributed by atoms with van der Waals surface area (Å²) in [6.45, 7) is 4.70. The first-order chi connectivity index (χ1) is 16.7. The summed E-state index contributed by atoms with van der Waals surface area (Å²) in [4.78, 5) is 26.8. The maximum Gasteiger partial charge on any atom is 0.323 e. The van der Waals surface area contributed by atoms with Crippen LogP contribution < -0.4 is 5.32 Å². The fourth-order valence-corrected chi connectivity index (χ4v) is 4.49. The number of ether oxygens (including phenoxy) is 1. The number of nitrogens with one attached hydrogen (secondary N) is 1. The fraction of sp³-hybridized carbons (Fsp3) is 0.346. The zero-order chi connectivity index (χ0) is 25.1. The summed E-state index contributed by atoms with van der Waals surface area (Å²) in [7, 11) is 1.27. The summed E-state index contributed by atoms with van der Waals surface area (Å²) < 4.78 is 35.1. The number of hydrogen-bond acceptors (Lipinski definition) is 5. The molecule has 1 amide bonds. The summed E-state index contributed by atoms with van der Waals surface area (Å²) in [6, 6.07) is 11.8. The van der Waals surface area contributed by atoms with Crippen molar-refractivity contribution in [1.29, 1.82) is 0 Å².